The minimum absolute atomic E-state index is 0.0439. The van der Waals surface area contributed by atoms with Gasteiger partial charge in [0.05, 0.1) is 14.2 Å². The number of ether oxygens (including phenoxy) is 3. The number of fused-ring (bicyclic) bond motifs is 3. The monoisotopic (exact) mass is 622 g/mol. The molecule has 0 radical (unpaired) electrons. The maximum Gasteiger partial charge on any atom is 0.323 e. The van der Waals surface area contributed by atoms with Crippen LogP contribution in [0.2, 0.25) is 10.0 Å². The summed E-state index contributed by atoms with van der Waals surface area (Å²) in [6, 6.07) is 24.7. The summed E-state index contributed by atoms with van der Waals surface area (Å²) in [6.07, 6.45) is 1.85. The van der Waals surface area contributed by atoms with Gasteiger partial charge in [0.2, 0.25) is 0 Å². The molecule has 1 heterocycles. The highest BCUT2D eigenvalue weighted by atomic mass is 35.5. The Bertz CT molecular complexity index is 1850. The summed E-state index contributed by atoms with van der Waals surface area (Å²) in [4.78, 5) is 26.8. The van der Waals surface area contributed by atoms with E-state index in [-0.39, 0.29) is 18.9 Å². The molecule has 0 amide bonds. The van der Waals surface area contributed by atoms with Crippen molar-refractivity contribution in [2.45, 2.75) is 25.9 Å². The Hall–Kier alpha value is -4.50. The molecule has 6 rings (SSSR count). The van der Waals surface area contributed by atoms with Gasteiger partial charge in [-0.05, 0) is 71.7 Å². The molecule has 7 heteroatoms. The number of esters is 2. The number of benzene rings is 4. The molecule has 0 N–H and O–H groups in total. The van der Waals surface area contributed by atoms with E-state index < -0.39 is 17.4 Å². The minimum atomic E-state index is -1.59. The normalized spacial score (nSPS) is 15.9. The van der Waals surface area contributed by atoms with E-state index >= 15 is 0 Å². The fraction of sp³-hybridized carbons (Fsp3) is 0.189. The molecule has 1 aliphatic carbocycles. The van der Waals surface area contributed by atoms with E-state index in [4.69, 9.17) is 37.4 Å². The first kappa shape index (κ1) is 29.6. The molecule has 0 spiro atoms. The average molecular weight is 624 g/mol. The second-order valence-electron chi connectivity index (χ2n) is 10.9. The van der Waals surface area contributed by atoms with Gasteiger partial charge in [0.15, 0.2) is 5.41 Å². The molecule has 44 heavy (non-hydrogen) atoms. The van der Waals surface area contributed by atoms with Crippen LogP contribution in [0.25, 0.3) is 17.2 Å². The second-order valence-corrected chi connectivity index (χ2v) is 11.8. The van der Waals surface area contributed by atoms with Gasteiger partial charge in [-0.1, -0.05) is 77.5 Å². The summed E-state index contributed by atoms with van der Waals surface area (Å²) in [5, 5.41) is 1.21. The fourth-order valence-corrected chi connectivity index (χ4v) is 6.38. The highest BCUT2D eigenvalue weighted by Gasteiger charge is 2.55. The van der Waals surface area contributed by atoms with Crippen molar-refractivity contribution in [2.75, 3.05) is 14.2 Å². The topological polar surface area (TPSA) is 61.8 Å². The molecule has 0 aromatic heterocycles. The Morgan fingerprint density at radius 3 is 2.02 bits per heavy atom. The molecule has 0 saturated carbocycles. The number of methoxy groups -OCH3 is 2. The Kier molecular flexibility index (Phi) is 7.98. The van der Waals surface area contributed by atoms with E-state index in [9.17, 15) is 9.59 Å². The maximum absolute atomic E-state index is 13.4. The van der Waals surface area contributed by atoms with Gasteiger partial charge in [-0.3, -0.25) is 9.59 Å². The van der Waals surface area contributed by atoms with Crippen molar-refractivity contribution >= 4 is 41.2 Å². The lowest BCUT2D eigenvalue weighted by atomic mass is 9.84. The third-order valence-corrected chi connectivity index (χ3v) is 8.75. The Balaban J connectivity index is 1.67. The molecule has 1 aliphatic heterocycles. The third kappa shape index (κ3) is 5.15. The van der Waals surface area contributed by atoms with E-state index in [0.717, 1.165) is 44.5 Å². The van der Waals surface area contributed by atoms with Crippen LogP contribution >= 0.6 is 23.2 Å². The van der Waals surface area contributed by atoms with Crippen LogP contribution in [0.5, 0.6) is 5.75 Å². The van der Waals surface area contributed by atoms with Crippen molar-refractivity contribution in [2.24, 2.45) is 5.41 Å². The van der Waals surface area contributed by atoms with Crippen molar-refractivity contribution in [1.29, 1.82) is 0 Å². The molecule has 5 nitrogen and oxygen atoms in total. The number of hydrogen-bond acceptors (Lipinski definition) is 5. The van der Waals surface area contributed by atoms with Crippen LogP contribution in [-0.2, 0) is 31.9 Å². The molecule has 0 saturated heterocycles. The first-order valence-corrected chi connectivity index (χ1v) is 14.8. The van der Waals surface area contributed by atoms with Gasteiger partial charge in [-0.2, -0.15) is 0 Å². The lowest BCUT2D eigenvalue weighted by Crippen LogP contribution is -2.42. The lowest BCUT2D eigenvalue weighted by molar-refractivity contribution is -0.168. The van der Waals surface area contributed by atoms with Crippen molar-refractivity contribution in [3.05, 3.63) is 128 Å². The number of hydrogen-bond donors (Lipinski definition) is 0. The van der Waals surface area contributed by atoms with E-state index in [1.807, 2.05) is 73.7 Å². The predicted molar refractivity (Wildman–Crippen MR) is 172 cm³/mol. The molecule has 0 fully saturated rings. The van der Waals surface area contributed by atoms with Crippen LogP contribution in [0.3, 0.4) is 0 Å². The van der Waals surface area contributed by atoms with Crippen LogP contribution in [0.1, 0.15) is 46.4 Å². The van der Waals surface area contributed by atoms with Crippen LogP contribution in [0.4, 0.5) is 0 Å². The third-order valence-electron chi connectivity index (χ3n) is 8.25. The van der Waals surface area contributed by atoms with Gasteiger partial charge < -0.3 is 14.2 Å². The zero-order chi connectivity index (χ0) is 31.0. The smallest absolute Gasteiger partial charge is 0.323 e. The molecular formula is C37H28Cl2O5. The Morgan fingerprint density at radius 1 is 0.818 bits per heavy atom. The molecule has 1 atom stereocenters. The number of halogens is 2. The zero-order valence-electron chi connectivity index (χ0n) is 24.4. The van der Waals surface area contributed by atoms with Gasteiger partial charge in [-0.15, -0.1) is 0 Å². The Morgan fingerprint density at radius 2 is 1.41 bits per heavy atom. The van der Waals surface area contributed by atoms with Gasteiger partial charge >= 0.3 is 11.9 Å². The largest absolute Gasteiger partial charge is 0.480 e. The summed E-state index contributed by atoms with van der Waals surface area (Å²) in [6.45, 7) is 2.03. The fourth-order valence-electron chi connectivity index (χ4n) is 6.13. The standard InChI is InChI=1S/C37H28Cl2O5/c1-22-19-29-32(24-12-16-27(39)17-13-24)28(18-11-23-9-14-26(38)15-10-23)30-20-37(35(40)42-2,36(41)43-3)21-31(30)34(29)44-33(22)25-7-5-4-6-8-25/h4-10,12-17,19,33H,20-21H2,1-3H3. The highest BCUT2D eigenvalue weighted by molar-refractivity contribution is 6.30. The quantitative estimate of drug-likeness (QED) is 0.131. The SMILES string of the molecule is COC(=O)C1(C(=O)OC)Cc2c(C#Cc3ccc(Cl)cc3)c(-c3ccc(Cl)cc3)c3c(c2C1)OC(c1ccccc1)C(C)=C3. The summed E-state index contributed by atoms with van der Waals surface area (Å²) in [5.74, 6) is 5.96. The summed E-state index contributed by atoms with van der Waals surface area (Å²) in [5.41, 5.74) is 5.85. The molecule has 4 aromatic rings. The second kappa shape index (κ2) is 11.9. The van der Waals surface area contributed by atoms with E-state index in [1.165, 1.54) is 14.2 Å². The molecule has 1 unspecified atom stereocenters. The first-order valence-electron chi connectivity index (χ1n) is 14.1. The van der Waals surface area contributed by atoms with Gasteiger partial charge in [0.25, 0.3) is 0 Å². The van der Waals surface area contributed by atoms with Crippen molar-refractivity contribution in [3.8, 4) is 28.7 Å². The minimum Gasteiger partial charge on any atom is -0.480 e. The number of rotatable bonds is 4. The van der Waals surface area contributed by atoms with E-state index in [1.54, 1.807) is 12.1 Å². The highest BCUT2D eigenvalue weighted by Crippen LogP contribution is 2.53. The number of carbonyl (C=O) groups excluding carboxylic acids is 2. The maximum atomic E-state index is 13.4. The predicted octanol–water partition coefficient (Wildman–Crippen LogP) is 8.03. The van der Waals surface area contributed by atoms with Crippen LogP contribution in [0, 0.1) is 17.3 Å². The molecule has 4 aromatic carbocycles. The summed E-state index contributed by atoms with van der Waals surface area (Å²) < 4.78 is 17.2. The van der Waals surface area contributed by atoms with Crippen LogP contribution in [-0.4, -0.2) is 26.2 Å². The molecule has 2 aliphatic rings. The van der Waals surface area contributed by atoms with Crippen LogP contribution < -0.4 is 4.74 Å². The van der Waals surface area contributed by atoms with Crippen molar-refractivity contribution in [3.63, 3.8) is 0 Å². The Labute approximate surface area is 266 Å². The summed E-state index contributed by atoms with van der Waals surface area (Å²) >= 11 is 12.4. The molecule has 220 valence electrons. The summed E-state index contributed by atoms with van der Waals surface area (Å²) in [7, 11) is 2.56. The molecule has 0 bridgehead atoms. The van der Waals surface area contributed by atoms with Crippen LogP contribution in [0.15, 0.2) is 84.4 Å². The van der Waals surface area contributed by atoms with Crippen molar-refractivity contribution in [1.82, 2.24) is 0 Å². The average Bonchev–Trinajstić information content (AvgIpc) is 3.46. The van der Waals surface area contributed by atoms with Gasteiger partial charge in [-0.25, -0.2) is 0 Å². The first-order chi connectivity index (χ1) is 21.3. The van der Waals surface area contributed by atoms with Crippen molar-refractivity contribution < 1.29 is 23.8 Å². The zero-order valence-corrected chi connectivity index (χ0v) is 25.9. The van der Waals surface area contributed by atoms with E-state index in [2.05, 4.69) is 17.9 Å². The number of carbonyl (C=O) groups is 2. The van der Waals surface area contributed by atoms with Gasteiger partial charge in [0.1, 0.15) is 11.9 Å². The lowest BCUT2D eigenvalue weighted by Gasteiger charge is -2.30. The van der Waals surface area contributed by atoms with E-state index in [0.29, 0.717) is 21.4 Å². The molecular weight excluding hydrogens is 595 g/mol. The van der Waals surface area contributed by atoms with Gasteiger partial charge in [0, 0.05) is 50.7 Å².